The van der Waals surface area contributed by atoms with Crippen LogP contribution >= 0.6 is 0 Å². The lowest BCUT2D eigenvalue weighted by molar-refractivity contribution is -0.121. The highest BCUT2D eigenvalue weighted by Crippen LogP contribution is 2.76. The number of hydrogen-bond acceptors (Lipinski definition) is 2. The molecule has 1 amide bonds. The number of nitrogens with zero attached hydrogens (tertiary/aromatic N) is 1. The Kier molecular flexibility index (Phi) is 2.40. The minimum atomic E-state index is 0.0186. The Bertz CT molecular complexity index is 503. The third kappa shape index (κ3) is 1.53. The summed E-state index contributed by atoms with van der Waals surface area (Å²) in [5, 5.41) is 0. The molecule has 0 bridgehead atoms. The first-order valence-corrected chi connectivity index (χ1v) is 6.59. The molecule has 0 saturated heterocycles. The van der Waals surface area contributed by atoms with E-state index in [1.165, 1.54) is 0 Å². The Labute approximate surface area is 108 Å². The van der Waals surface area contributed by atoms with Crippen LogP contribution in [0.4, 0.5) is 5.69 Å². The second-order valence-electron chi connectivity index (χ2n) is 5.49. The number of carbonyl (C=O) groups is 1. The minimum absolute atomic E-state index is 0.0186. The van der Waals surface area contributed by atoms with E-state index in [-0.39, 0.29) is 5.41 Å². The van der Waals surface area contributed by atoms with Gasteiger partial charge in [0.05, 0.1) is 18.2 Å². The van der Waals surface area contributed by atoms with Gasteiger partial charge in [0.25, 0.3) is 0 Å². The molecule has 2 fully saturated rings. The van der Waals surface area contributed by atoms with E-state index in [1.807, 2.05) is 36.9 Å². The second kappa shape index (κ2) is 3.74. The van der Waals surface area contributed by atoms with E-state index in [4.69, 9.17) is 4.74 Å². The molecule has 0 radical (unpaired) electrons. The molecule has 0 aromatic heterocycles. The van der Waals surface area contributed by atoms with Gasteiger partial charge in [-0.25, -0.2) is 0 Å². The number of benzene rings is 1. The Morgan fingerprint density at radius 1 is 1.50 bits per heavy atom. The maximum atomic E-state index is 12.6. The van der Waals surface area contributed by atoms with E-state index in [9.17, 15) is 4.79 Å². The van der Waals surface area contributed by atoms with E-state index in [1.54, 1.807) is 7.11 Å². The molecule has 0 unspecified atom stereocenters. The minimum Gasteiger partial charge on any atom is -0.495 e. The third-order valence-electron chi connectivity index (χ3n) is 4.29. The number of fused-ring (bicyclic) bond motifs is 1. The maximum absolute atomic E-state index is 12.6. The van der Waals surface area contributed by atoms with Gasteiger partial charge in [-0.05, 0) is 50.3 Å². The third-order valence-corrected chi connectivity index (χ3v) is 4.29. The van der Waals surface area contributed by atoms with E-state index in [2.05, 4.69) is 0 Å². The lowest BCUT2D eigenvalue weighted by Gasteiger charge is -2.25. The SMILES string of the molecule is CCN(C(=O)C12CC1C2)c1cc(C)ccc1OC. The van der Waals surface area contributed by atoms with Crippen LogP contribution in [0.25, 0.3) is 0 Å². The molecule has 0 atom stereocenters. The Hall–Kier alpha value is -1.51. The van der Waals surface area contributed by atoms with Crippen LogP contribution in [0.3, 0.4) is 0 Å². The van der Waals surface area contributed by atoms with Gasteiger partial charge < -0.3 is 9.64 Å². The first kappa shape index (κ1) is 11.6. The summed E-state index contributed by atoms with van der Waals surface area (Å²) in [6.07, 6.45) is 2.19. The number of amides is 1. The molecule has 18 heavy (non-hydrogen) atoms. The van der Waals surface area contributed by atoms with E-state index >= 15 is 0 Å². The smallest absolute Gasteiger partial charge is 0.233 e. The van der Waals surface area contributed by atoms with Gasteiger partial charge in [-0.15, -0.1) is 0 Å². The maximum Gasteiger partial charge on any atom is 0.233 e. The number of aryl methyl sites for hydroxylation is 1. The van der Waals surface area contributed by atoms with Crippen molar-refractivity contribution in [2.45, 2.75) is 26.7 Å². The van der Waals surface area contributed by atoms with Crippen LogP contribution in [-0.4, -0.2) is 19.6 Å². The first-order valence-electron chi connectivity index (χ1n) is 6.59. The molecular weight excluding hydrogens is 226 g/mol. The highest BCUT2D eigenvalue weighted by molar-refractivity contribution is 6.03. The normalized spacial score (nSPS) is 27.4. The summed E-state index contributed by atoms with van der Waals surface area (Å²) in [7, 11) is 1.65. The fraction of sp³-hybridized carbons (Fsp3) is 0.533. The molecule has 96 valence electrons. The van der Waals surface area contributed by atoms with Crippen LogP contribution in [0, 0.1) is 18.3 Å². The summed E-state index contributed by atoms with van der Waals surface area (Å²) < 4.78 is 5.39. The molecule has 3 nitrogen and oxygen atoms in total. The lowest BCUT2D eigenvalue weighted by atomic mass is 10.1. The van der Waals surface area contributed by atoms with Crippen LogP contribution < -0.4 is 9.64 Å². The topological polar surface area (TPSA) is 29.5 Å². The van der Waals surface area contributed by atoms with Crippen molar-refractivity contribution in [2.24, 2.45) is 11.3 Å². The Morgan fingerprint density at radius 3 is 2.67 bits per heavy atom. The van der Waals surface area contributed by atoms with Gasteiger partial charge in [-0.2, -0.15) is 0 Å². The van der Waals surface area contributed by atoms with E-state index < -0.39 is 0 Å². The lowest BCUT2D eigenvalue weighted by Crippen LogP contribution is -2.34. The summed E-state index contributed by atoms with van der Waals surface area (Å²) in [6.45, 7) is 4.76. The summed E-state index contributed by atoms with van der Waals surface area (Å²) in [6, 6.07) is 5.99. The zero-order valence-electron chi connectivity index (χ0n) is 11.2. The van der Waals surface area contributed by atoms with Crippen molar-refractivity contribution in [3.8, 4) is 5.75 Å². The Balaban J connectivity index is 1.95. The van der Waals surface area contributed by atoms with Gasteiger partial charge in [0, 0.05) is 6.54 Å². The highest BCUT2D eigenvalue weighted by Gasteiger charge is 2.75. The van der Waals surface area contributed by atoms with Crippen molar-refractivity contribution in [1.29, 1.82) is 0 Å². The fourth-order valence-electron chi connectivity index (χ4n) is 2.75. The van der Waals surface area contributed by atoms with Crippen molar-refractivity contribution >= 4 is 11.6 Å². The predicted octanol–water partition coefficient (Wildman–Crippen LogP) is 2.77. The van der Waals surface area contributed by atoms with Crippen molar-refractivity contribution in [2.75, 3.05) is 18.6 Å². The number of carbonyl (C=O) groups excluding carboxylic acids is 1. The molecule has 0 heterocycles. The van der Waals surface area contributed by atoms with Crippen LogP contribution in [0.1, 0.15) is 25.3 Å². The highest BCUT2D eigenvalue weighted by atomic mass is 16.5. The van der Waals surface area contributed by atoms with Gasteiger partial charge in [0.2, 0.25) is 5.91 Å². The molecule has 1 aromatic rings. The molecule has 2 saturated carbocycles. The van der Waals surface area contributed by atoms with Gasteiger partial charge in [-0.1, -0.05) is 6.07 Å². The number of rotatable bonds is 4. The molecule has 2 aliphatic rings. The molecule has 0 aliphatic heterocycles. The van der Waals surface area contributed by atoms with E-state index in [0.29, 0.717) is 18.4 Å². The quantitative estimate of drug-likeness (QED) is 0.816. The van der Waals surface area contributed by atoms with Gasteiger partial charge in [-0.3, -0.25) is 4.79 Å². The summed E-state index contributed by atoms with van der Waals surface area (Å²) in [5.74, 6) is 1.75. The fourth-order valence-corrected chi connectivity index (χ4v) is 2.75. The van der Waals surface area contributed by atoms with Crippen LogP contribution in [0.5, 0.6) is 5.75 Å². The molecule has 3 heteroatoms. The monoisotopic (exact) mass is 245 g/mol. The zero-order chi connectivity index (χ0) is 12.9. The van der Waals surface area contributed by atoms with Gasteiger partial charge >= 0.3 is 0 Å². The molecule has 0 N–H and O–H groups in total. The van der Waals surface area contributed by atoms with Crippen molar-refractivity contribution < 1.29 is 9.53 Å². The molecular formula is C15H19NO2. The van der Waals surface area contributed by atoms with Gasteiger partial charge in [0.15, 0.2) is 0 Å². The summed E-state index contributed by atoms with van der Waals surface area (Å²) in [5.41, 5.74) is 2.08. The standard InChI is InChI=1S/C15H19NO2/c1-4-16(14(17)15-8-11(15)9-15)12-7-10(2)5-6-13(12)18-3/h5-7,11H,4,8-9H2,1-3H3. The first-order chi connectivity index (χ1) is 8.62. The number of anilines is 1. The van der Waals surface area contributed by atoms with Crippen molar-refractivity contribution in [3.63, 3.8) is 0 Å². The summed E-state index contributed by atoms with van der Waals surface area (Å²) >= 11 is 0. The second-order valence-corrected chi connectivity index (χ2v) is 5.49. The Morgan fingerprint density at radius 2 is 2.17 bits per heavy atom. The average molecular weight is 245 g/mol. The van der Waals surface area contributed by atoms with Gasteiger partial charge in [0.1, 0.15) is 5.75 Å². The summed E-state index contributed by atoms with van der Waals surface area (Å²) in [4.78, 5) is 14.4. The van der Waals surface area contributed by atoms with Crippen molar-refractivity contribution in [1.82, 2.24) is 0 Å². The molecule has 3 rings (SSSR count). The molecule has 0 spiro atoms. The molecule has 1 aromatic carbocycles. The number of hydrogen-bond donors (Lipinski definition) is 0. The number of ether oxygens (including phenoxy) is 1. The van der Waals surface area contributed by atoms with E-state index in [0.717, 1.165) is 29.8 Å². The van der Waals surface area contributed by atoms with Crippen LogP contribution in [-0.2, 0) is 4.79 Å². The van der Waals surface area contributed by atoms with Crippen molar-refractivity contribution in [3.05, 3.63) is 23.8 Å². The molecule has 2 aliphatic carbocycles. The van der Waals surface area contributed by atoms with Crippen LogP contribution in [0.2, 0.25) is 0 Å². The largest absolute Gasteiger partial charge is 0.495 e. The average Bonchev–Trinajstić information content (AvgIpc) is 3.18. The predicted molar refractivity (Wildman–Crippen MR) is 70.9 cm³/mol. The number of methoxy groups -OCH3 is 1. The van der Waals surface area contributed by atoms with Crippen LogP contribution in [0.15, 0.2) is 18.2 Å². The zero-order valence-corrected chi connectivity index (χ0v) is 11.2.